The van der Waals surface area contributed by atoms with E-state index >= 15 is 0 Å². The molecular formula is C12H16ClN3O. The van der Waals surface area contributed by atoms with Crippen molar-refractivity contribution in [2.75, 3.05) is 12.5 Å². The van der Waals surface area contributed by atoms with Gasteiger partial charge >= 0.3 is 0 Å². The number of halogens is 1. The van der Waals surface area contributed by atoms with Crippen molar-refractivity contribution in [3.05, 3.63) is 28.8 Å². The third kappa shape index (κ3) is 2.37. The number of rotatable bonds is 3. The van der Waals surface area contributed by atoms with Crippen molar-refractivity contribution >= 4 is 23.2 Å². The Morgan fingerprint density at radius 3 is 2.76 bits per heavy atom. The molecule has 4 nitrogen and oxygen atoms in total. The van der Waals surface area contributed by atoms with Crippen LogP contribution >= 0.6 is 11.6 Å². The summed E-state index contributed by atoms with van der Waals surface area (Å²) < 4.78 is 0. The summed E-state index contributed by atoms with van der Waals surface area (Å²) in [5.74, 6) is 5.36. The number of hydrogen-bond acceptors (Lipinski definition) is 3. The first-order chi connectivity index (χ1) is 8.13. The maximum atomic E-state index is 12.3. The standard InChI is InChI=1S/C12H16ClN3O/c1-16(9-3-2-4-9)12(17)10-7-8(13)5-6-11(10)15-14/h5-7,9,15H,2-4,14H2,1H3. The van der Waals surface area contributed by atoms with Gasteiger partial charge in [-0.1, -0.05) is 11.6 Å². The summed E-state index contributed by atoms with van der Waals surface area (Å²) in [4.78, 5) is 14.1. The van der Waals surface area contributed by atoms with Crippen molar-refractivity contribution in [3.8, 4) is 0 Å². The fourth-order valence-corrected chi connectivity index (χ4v) is 2.12. The van der Waals surface area contributed by atoms with Crippen molar-refractivity contribution in [1.82, 2.24) is 4.90 Å². The average molecular weight is 254 g/mol. The summed E-state index contributed by atoms with van der Waals surface area (Å²) in [6.07, 6.45) is 3.35. The van der Waals surface area contributed by atoms with Crippen LogP contribution in [0.3, 0.4) is 0 Å². The van der Waals surface area contributed by atoms with Crippen LogP contribution < -0.4 is 11.3 Å². The quantitative estimate of drug-likeness (QED) is 0.642. The highest BCUT2D eigenvalue weighted by Gasteiger charge is 2.27. The molecule has 0 radical (unpaired) electrons. The number of amides is 1. The Morgan fingerprint density at radius 2 is 2.24 bits per heavy atom. The predicted octanol–water partition coefficient (Wildman–Crippen LogP) is 2.25. The Balaban J connectivity index is 2.25. The van der Waals surface area contributed by atoms with Crippen LogP contribution in [0, 0.1) is 0 Å². The topological polar surface area (TPSA) is 58.4 Å². The Labute approximate surface area is 106 Å². The lowest BCUT2D eigenvalue weighted by atomic mass is 9.91. The van der Waals surface area contributed by atoms with Gasteiger partial charge in [-0.15, -0.1) is 0 Å². The van der Waals surface area contributed by atoms with Crippen molar-refractivity contribution in [2.24, 2.45) is 5.84 Å². The summed E-state index contributed by atoms with van der Waals surface area (Å²) in [6.45, 7) is 0. The summed E-state index contributed by atoms with van der Waals surface area (Å²) in [6, 6.07) is 5.42. The Kier molecular flexibility index (Phi) is 3.54. The van der Waals surface area contributed by atoms with E-state index in [2.05, 4.69) is 5.43 Å². The molecule has 0 aromatic heterocycles. The highest BCUT2D eigenvalue weighted by molar-refractivity contribution is 6.31. The van der Waals surface area contributed by atoms with Crippen LogP contribution in [0.4, 0.5) is 5.69 Å². The molecule has 17 heavy (non-hydrogen) atoms. The first-order valence-electron chi connectivity index (χ1n) is 5.67. The smallest absolute Gasteiger partial charge is 0.256 e. The number of anilines is 1. The van der Waals surface area contributed by atoms with Crippen molar-refractivity contribution < 1.29 is 4.79 Å². The summed E-state index contributed by atoms with van der Waals surface area (Å²) in [5.41, 5.74) is 3.65. The van der Waals surface area contributed by atoms with Gasteiger partial charge in [-0.05, 0) is 37.5 Å². The van der Waals surface area contributed by atoms with Gasteiger partial charge in [0, 0.05) is 18.1 Å². The van der Waals surface area contributed by atoms with Gasteiger partial charge < -0.3 is 10.3 Å². The number of nitrogens with two attached hydrogens (primary N) is 1. The molecule has 1 aromatic carbocycles. The monoisotopic (exact) mass is 253 g/mol. The van der Waals surface area contributed by atoms with Crippen LogP contribution in [0.25, 0.3) is 0 Å². The average Bonchev–Trinajstić information content (AvgIpc) is 2.25. The lowest BCUT2D eigenvalue weighted by Gasteiger charge is -2.35. The van der Waals surface area contributed by atoms with Gasteiger partial charge in [-0.3, -0.25) is 10.6 Å². The van der Waals surface area contributed by atoms with E-state index in [4.69, 9.17) is 17.4 Å². The lowest BCUT2D eigenvalue weighted by molar-refractivity contribution is 0.0653. The third-order valence-corrected chi connectivity index (χ3v) is 3.55. The molecule has 1 amide bonds. The SMILES string of the molecule is CN(C(=O)c1cc(Cl)ccc1NN)C1CCC1. The molecule has 0 spiro atoms. The van der Waals surface area contributed by atoms with Gasteiger partial charge in [0.1, 0.15) is 0 Å². The van der Waals surface area contributed by atoms with E-state index < -0.39 is 0 Å². The van der Waals surface area contributed by atoms with Crippen molar-refractivity contribution in [1.29, 1.82) is 0 Å². The highest BCUT2D eigenvalue weighted by Crippen LogP contribution is 2.27. The molecule has 1 saturated carbocycles. The van der Waals surface area contributed by atoms with E-state index in [1.807, 2.05) is 7.05 Å². The molecule has 0 unspecified atom stereocenters. The predicted molar refractivity (Wildman–Crippen MR) is 69.0 cm³/mol. The Hall–Kier alpha value is -1.26. The molecule has 0 saturated heterocycles. The maximum absolute atomic E-state index is 12.3. The minimum atomic E-state index is -0.0369. The third-order valence-electron chi connectivity index (χ3n) is 3.31. The molecule has 1 fully saturated rings. The lowest BCUT2D eigenvalue weighted by Crippen LogP contribution is -2.41. The molecule has 2 rings (SSSR count). The van der Waals surface area contributed by atoms with Crippen LogP contribution in [-0.4, -0.2) is 23.9 Å². The van der Waals surface area contributed by atoms with Crippen LogP contribution in [0.15, 0.2) is 18.2 Å². The number of nitrogens with one attached hydrogen (secondary N) is 1. The van der Waals surface area contributed by atoms with E-state index in [-0.39, 0.29) is 5.91 Å². The molecular weight excluding hydrogens is 238 g/mol. The normalized spacial score (nSPS) is 15.2. The Morgan fingerprint density at radius 1 is 1.53 bits per heavy atom. The van der Waals surface area contributed by atoms with Gasteiger partial charge in [-0.2, -0.15) is 0 Å². The van der Waals surface area contributed by atoms with Crippen molar-refractivity contribution in [3.63, 3.8) is 0 Å². The van der Waals surface area contributed by atoms with Gasteiger partial charge in [0.2, 0.25) is 0 Å². The second kappa shape index (κ2) is 4.94. The molecule has 5 heteroatoms. The van der Waals surface area contributed by atoms with Crippen molar-refractivity contribution in [2.45, 2.75) is 25.3 Å². The van der Waals surface area contributed by atoms with E-state index in [1.165, 1.54) is 6.42 Å². The van der Waals surface area contributed by atoms with Gasteiger partial charge in [0.15, 0.2) is 0 Å². The largest absolute Gasteiger partial charge is 0.339 e. The summed E-state index contributed by atoms with van der Waals surface area (Å²) >= 11 is 5.91. The highest BCUT2D eigenvalue weighted by atomic mass is 35.5. The number of hydrogen-bond donors (Lipinski definition) is 2. The van der Waals surface area contributed by atoms with Crippen LogP contribution in [0.5, 0.6) is 0 Å². The number of carbonyl (C=O) groups excluding carboxylic acids is 1. The van der Waals surface area contributed by atoms with Gasteiger partial charge in [0.05, 0.1) is 11.3 Å². The maximum Gasteiger partial charge on any atom is 0.256 e. The van der Waals surface area contributed by atoms with E-state index in [9.17, 15) is 4.79 Å². The van der Waals surface area contributed by atoms with E-state index in [0.29, 0.717) is 22.3 Å². The Bertz CT molecular complexity index is 432. The molecule has 0 atom stereocenters. The number of benzene rings is 1. The summed E-state index contributed by atoms with van der Waals surface area (Å²) in [5, 5.41) is 0.536. The molecule has 1 aromatic rings. The molecule has 92 valence electrons. The molecule has 1 aliphatic rings. The molecule has 0 heterocycles. The van der Waals surface area contributed by atoms with Crippen LogP contribution in [-0.2, 0) is 0 Å². The first-order valence-corrected chi connectivity index (χ1v) is 6.04. The molecule has 1 aliphatic carbocycles. The van der Waals surface area contributed by atoms with E-state index in [0.717, 1.165) is 12.8 Å². The second-order valence-corrected chi connectivity index (χ2v) is 4.77. The number of carbonyl (C=O) groups is 1. The molecule has 3 N–H and O–H groups in total. The van der Waals surface area contributed by atoms with Crippen LogP contribution in [0.2, 0.25) is 5.02 Å². The minimum Gasteiger partial charge on any atom is -0.339 e. The second-order valence-electron chi connectivity index (χ2n) is 4.34. The van der Waals surface area contributed by atoms with Gasteiger partial charge in [0.25, 0.3) is 5.91 Å². The number of nitrogen functional groups attached to an aromatic ring is 1. The zero-order chi connectivity index (χ0) is 12.4. The first kappa shape index (κ1) is 12.2. The number of hydrazine groups is 1. The van der Waals surface area contributed by atoms with Crippen LogP contribution in [0.1, 0.15) is 29.6 Å². The fraction of sp³-hybridized carbons (Fsp3) is 0.417. The summed E-state index contributed by atoms with van der Waals surface area (Å²) in [7, 11) is 1.83. The number of nitrogens with zero attached hydrogens (tertiary/aromatic N) is 1. The minimum absolute atomic E-state index is 0.0369. The molecule has 0 bridgehead atoms. The molecule has 0 aliphatic heterocycles. The van der Waals surface area contributed by atoms with Gasteiger partial charge in [-0.25, -0.2) is 0 Å². The zero-order valence-corrected chi connectivity index (χ0v) is 10.5. The van der Waals surface area contributed by atoms with E-state index in [1.54, 1.807) is 23.1 Å². The zero-order valence-electron chi connectivity index (χ0n) is 9.74. The fourth-order valence-electron chi connectivity index (χ4n) is 1.95.